The molecular formula is C14H22FN5O. The maximum atomic E-state index is 13.1. The molecular weight excluding hydrogens is 273 g/mol. The smallest absolute Gasteiger partial charge is 0.159 e. The normalized spacial score (nSPS) is 18.9. The lowest BCUT2D eigenvalue weighted by atomic mass is 10.00. The summed E-state index contributed by atoms with van der Waals surface area (Å²) in [5.41, 5.74) is 6.15. The lowest BCUT2D eigenvalue weighted by Gasteiger charge is -2.43. The summed E-state index contributed by atoms with van der Waals surface area (Å²) in [6.45, 7) is 7.88. The lowest BCUT2D eigenvalue weighted by Crippen LogP contribution is -2.59. The predicted molar refractivity (Wildman–Crippen MR) is 78.5 cm³/mol. The van der Waals surface area contributed by atoms with Crippen LogP contribution in [0.15, 0.2) is 23.6 Å². The van der Waals surface area contributed by atoms with Gasteiger partial charge in [-0.1, -0.05) is 5.16 Å². The average molecular weight is 295 g/mol. The molecule has 116 valence electrons. The number of hydrogen-bond donors (Lipinski definition) is 2. The zero-order valence-electron chi connectivity index (χ0n) is 12.5. The van der Waals surface area contributed by atoms with Crippen molar-refractivity contribution in [2.24, 2.45) is 10.9 Å². The second-order valence-corrected chi connectivity index (χ2v) is 5.82. The van der Waals surface area contributed by atoms with Crippen molar-refractivity contribution in [3.8, 4) is 0 Å². The Morgan fingerprint density at radius 3 is 2.62 bits per heavy atom. The molecule has 0 aliphatic carbocycles. The van der Waals surface area contributed by atoms with Crippen LogP contribution in [0.4, 0.5) is 4.39 Å². The minimum atomic E-state index is -0.471. The molecule has 3 N–H and O–H groups in total. The second kappa shape index (κ2) is 6.36. The van der Waals surface area contributed by atoms with E-state index in [0.717, 1.165) is 31.7 Å². The third kappa shape index (κ3) is 3.68. The van der Waals surface area contributed by atoms with Crippen molar-refractivity contribution < 1.29 is 9.60 Å². The van der Waals surface area contributed by atoms with Crippen LogP contribution in [0, 0.1) is 5.82 Å². The van der Waals surface area contributed by atoms with Gasteiger partial charge in [0.15, 0.2) is 5.84 Å². The molecule has 1 saturated heterocycles. The summed E-state index contributed by atoms with van der Waals surface area (Å²) in [6.07, 6.45) is 2.90. The van der Waals surface area contributed by atoms with Crippen molar-refractivity contribution in [3.05, 3.63) is 29.8 Å². The van der Waals surface area contributed by atoms with Gasteiger partial charge in [-0.05, 0) is 25.5 Å². The summed E-state index contributed by atoms with van der Waals surface area (Å²) in [6, 6.07) is 1.51. The van der Waals surface area contributed by atoms with Crippen LogP contribution in [-0.4, -0.2) is 57.5 Å². The van der Waals surface area contributed by atoms with Crippen molar-refractivity contribution in [2.75, 3.05) is 26.2 Å². The minimum absolute atomic E-state index is 0.213. The van der Waals surface area contributed by atoms with E-state index in [4.69, 9.17) is 10.9 Å². The molecule has 2 rings (SSSR count). The van der Waals surface area contributed by atoms with Crippen LogP contribution in [0.1, 0.15) is 19.4 Å². The van der Waals surface area contributed by atoms with E-state index >= 15 is 0 Å². The van der Waals surface area contributed by atoms with Crippen LogP contribution >= 0.6 is 0 Å². The Labute approximate surface area is 124 Å². The number of nitrogens with zero attached hydrogens (tertiary/aromatic N) is 4. The Morgan fingerprint density at radius 1 is 1.38 bits per heavy atom. The van der Waals surface area contributed by atoms with E-state index in [0.29, 0.717) is 6.54 Å². The fourth-order valence-corrected chi connectivity index (χ4v) is 2.55. The molecule has 0 atom stereocenters. The Balaban J connectivity index is 1.92. The zero-order chi connectivity index (χ0) is 15.5. The van der Waals surface area contributed by atoms with Crippen LogP contribution in [-0.2, 0) is 6.54 Å². The molecule has 1 fully saturated rings. The number of pyridine rings is 1. The van der Waals surface area contributed by atoms with Crippen molar-refractivity contribution in [3.63, 3.8) is 0 Å². The summed E-state index contributed by atoms with van der Waals surface area (Å²) < 4.78 is 13.1. The topological polar surface area (TPSA) is 78.0 Å². The first kappa shape index (κ1) is 15.7. The van der Waals surface area contributed by atoms with E-state index in [1.165, 1.54) is 12.3 Å². The molecule has 0 saturated carbocycles. The van der Waals surface area contributed by atoms with Gasteiger partial charge in [-0.25, -0.2) is 4.39 Å². The van der Waals surface area contributed by atoms with Gasteiger partial charge in [0.25, 0.3) is 0 Å². The summed E-state index contributed by atoms with van der Waals surface area (Å²) in [5.74, 6) is -0.0931. The van der Waals surface area contributed by atoms with Crippen LogP contribution in [0.2, 0.25) is 0 Å². The summed E-state index contributed by atoms with van der Waals surface area (Å²) >= 11 is 0. The molecule has 21 heavy (non-hydrogen) atoms. The highest BCUT2D eigenvalue weighted by atomic mass is 19.1. The van der Waals surface area contributed by atoms with E-state index in [2.05, 4.69) is 19.9 Å². The molecule has 1 aromatic heterocycles. The number of amidine groups is 1. The largest absolute Gasteiger partial charge is 0.409 e. The zero-order valence-corrected chi connectivity index (χ0v) is 12.5. The van der Waals surface area contributed by atoms with Gasteiger partial charge >= 0.3 is 0 Å². The Hall–Kier alpha value is -1.73. The number of aromatic nitrogens is 1. The van der Waals surface area contributed by atoms with Crippen LogP contribution in [0.25, 0.3) is 0 Å². The number of rotatable bonds is 4. The van der Waals surface area contributed by atoms with Gasteiger partial charge in [-0.15, -0.1) is 0 Å². The summed E-state index contributed by atoms with van der Waals surface area (Å²) in [7, 11) is 0. The first-order valence-electron chi connectivity index (χ1n) is 6.98. The molecule has 2 heterocycles. The first-order chi connectivity index (χ1) is 9.93. The minimum Gasteiger partial charge on any atom is -0.409 e. The predicted octanol–water partition coefficient (Wildman–Crippen LogP) is 0.863. The van der Waals surface area contributed by atoms with Crippen LogP contribution in [0.5, 0.6) is 0 Å². The molecule has 1 aromatic rings. The summed E-state index contributed by atoms with van der Waals surface area (Å²) in [4.78, 5) is 8.29. The Morgan fingerprint density at radius 2 is 2.05 bits per heavy atom. The second-order valence-electron chi connectivity index (χ2n) is 5.82. The first-order valence-corrected chi connectivity index (χ1v) is 6.98. The molecule has 1 aliphatic rings. The number of halogens is 1. The van der Waals surface area contributed by atoms with Crippen molar-refractivity contribution >= 4 is 5.84 Å². The number of nitrogens with two attached hydrogens (primary N) is 1. The van der Waals surface area contributed by atoms with Gasteiger partial charge in [0, 0.05) is 38.9 Å². The molecule has 0 aromatic carbocycles. The van der Waals surface area contributed by atoms with Gasteiger partial charge in [0.1, 0.15) is 5.82 Å². The highest BCUT2D eigenvalue weighted by molar-refractivity contribution is 5.88. The molecule has 1 aliphatic heterocycles. The molecule has 0 spiro atoms. The maximum Gasteiger partial charge on any atom is 0.159 e. The van der Waals surface area contributed by atoms with Gasteiger partial charge in [0.2, 0.25) is 0 Å². The lowest BCUT2D eigenvalue weighted by molar-refractivity contribution is 0.0793. The fraction of sp³-hybridized carbons (Fsp3) is 0.571. The van der Waals surface area contributed by atoms with E-state index in [9.17, 15) is 4.39 Å². The quantitative estimate of drug-likeness (QED) is 0.373. The van der Waals surface area contributed by atoms with Gasteiger partial charge in [0.05, 0.1) is 11.7 Å². The van der Waals surface area contributed by atoms with Gasteiger partial charge < -0.3 is 10.9 Å². The maximum absolute atomic E-state index is 13.1. The molecule has 0 amide bonds. The van der Waals surface area contributed by atoms with Gasteiger partial charge in [-0.2, -0.15) is 0 Å². The Bertz CT molecular complexity index is 512. The highest BCUT2D eigenvalue weighted by Gasteiger charge is 2.33. The Kier molecular flexibility index (Phi) is 4.74. The fourth-order valence-electron chi connectivity index (χ4n) is 2.55. The van der Waals surface area contributed by atoms with Crippen molar-refractivity contribution in [2.45, 2.75) is 25.9 Å². The van der Waals surface area contributed by atoms with Crippen molar-refractivity contribution in [1.82, 2.24) is 14.8 Å². The molecule has 0 bridgehead atoms. The summed E-state index contributed by atoms with van der Waals surface area (Å²) in [5, 5.41) is 12.0. The monoisotopic (exact) mass is 295 g/mol. The number of hydrogen-bond acceptors (Lipinski definition) is 5. The average Bonchev–Trinajstić information content (AvgIpc) is 2.47. The van der Waals surface area contributed by atoms with Gasteiger partial charge in [-0.3, -0.25) is 14.8 Å². The molecule has 0 radical (unpaired) electrons. The molecule has 7 heteroatoms. The SMILES string of the molecule is CC(C)(/C(N)=N/O)N1CCN(Cc2cncc(F)c2)CC1. The number of piperazine rings is 1. The highest BCUT2D eigenvalue weighted by Crippen LogP contribution is 2.18. The molecule has 6 nitrogen and oxygen atoms in total. The van der Waals surface area contributed by atoms with E-state index in [1.54, 1.807) is 6.20 Å². The van der Waals surface area contributed by atoms with Crippen LogP contribution < -0.4 is 5.73 Å². The van der Waals surface area contributed by atoms with E-state index in [1.807, 2.05) is 13.8 Å². The standard InChI is InChI=1S/C14H22FN5O/c1-14(2,13(16)18-21)20-5-3-19(4-6-20)10-11-7-12(15)9-17-8-11/h7-9,21H,3-6,10H2,1-2H3,(H2,16,18). The third-order valence-corrected chi connectivity index (χ3v) is 4.07. The van der Waals surface area contributed by atoms with E-state index < -0.39 is 5.54 Å². The third-order valence-electron chi connectivity index (χ3n) is 4.07. The van der Waals surface area contributed by atoms with Crippen molar-refractivity contribution in [1.29, 1.82) is 0 Å². The number of oxime groups is 1. The van der Waals surface area contributed by atoms with Crippen LogP contribution in [0.3, 0.4) is 0 Å². The molecule has 0 unspecified atom stereocenters. The van der Waals surface area contributed by atoms with E-state index in [-0.39, 0.29) is 11.7 Å².